The summed E-state index contributed by atoms with van der Waals surface area (Å²) in [5, 5.41) is 0. The number of ether oxygens (including phenoxy) is 2. The molecule has 3 N–H and O–H groups in total. The van der Waals surface area contributed by atoms with E-state index in [0.29, 0.717) is 12.1 Å². The highest BCUT2D eigenvalue weighted by Gasteiger charge is 2.44. The predicted octanol–water partition coefficient (Wildman–Crippen LogP) is 6.93. The lowest BCUT2D eigenvalue weighted by Crippen LogP contribution is -2.40. The van der Waals surface area contributed by atoms with Gasteiger partial charge >= 0.3 is 7.60 Å². The van der Waals surface area contributed by atoms with E-state index < -0.39 is 43.1 Å². The molecule has 3 aromatic carbocycles. The number of benzene rings is 3. The first-order valence-corrected chi connectivity index (χ1v) is 17.5. The molecule has 6 rings (SSSR count). The summed E-state index contributed by atoms with van der Waals surface area (Å²) in [6.07, 6.45) is 2.02. The average Bonchev–Trinajstić information content (AvgIpc) is 3.50. The van der Waals surface area contributed by atoms with Gasteiger partial charge < -0.3 is 28.8 Å². The number of nitrogens with two attached hydrogens (primary N) is 1. The number of anilines is 1. The van der Waals surface area contributed by atoms with Crippen LogP contribution in [0.15, 0.2) is 114 Å². The SMILES string of the molecule is CC(C)OP(=O)(OC(C)C)C1=CC[C@@H](n2cnc3c(=O)[nH]c(N)nc32)[C@@H](COC(c2ccccc2)(c2ccccc2)c2ccccc2)O1. The average molecular weight is 670 g/mol. The van der Waals surface area contributed by atoms with Gasteiger partial charge in [0.25, 0.3) is 5.56 Å². The van der Waals surface area contributed by atoms with Crippen LogP contribution in [0.2, 0.25) is 0 Å². The molecule has 1 aliphatic rings. The molecule has 0 amide bonds. The molecule has 0 saturated carbocycles. The number of nitrogen functional groups attached to an aromatic ring is 1. The maximum absolute atomic E-state index is 14.3. The second-order valence-electron chi connectivity index (χ2n) is 12.2. The Morgan fingerprint density at radius 2 is 1.44 bits per heavy atom. The number of allylic oxidation sites excluding steroid dienone is 1. The number of fused-ring (bicyclic) bond motifs is 1. The van der Waals surface area contributed by atoms with E-state index in [1.54, 1.807) is 44.7 Å². The van der Waals surface area contributed by atoms with Gasteiger partial charge in [-0.3, -0.25) is 14.3 Å². The molecular formula is C36H40N5O6P. The second-order valence-corrected chi connectivity index (χ2v) is 14.0. The number of H-pyrrole nitrogens is 1. The maximum Gasteiger partial charge on any atom is 0.395 e. The van der Waals surface area contributed by atoms with Crippen molar-refractivity contribution in [3.63, 3.8) is 0 Å². The van der Waals surface area contributed by atoms with E-state index in [2.05, 4.69) is 15.0 Å². The summed E-state index contributed by atoms with van der Waals surface area (Å²) in [5.41, 5.74) is 7.73. The lowest BCUT2D eigenvalue weighted by molar-refractivity contribution is -0.0663. The Kier molecular flexibility index (Phi) is 9.66. The highest BCUT2D eigenvalue weighted by Crippen LogP contribution is 2.60. The number of hydrogen-bond acceptors (Lipinski definition) is 9. The van der Waals surface area contributed by atoms with Gasteiger partial charge in [-0.15, -0.1) is 0 Å². The summed E-state index contributed by atoms with van der Waals surface area (Å²) in [5.74, 6) is -0.0357. The van der Waals surface area contributed by atoms with Crippen molar-refractivity contribution in [1.82, 2.24) is 19.5 Å². The molecule has 0 aliphatic carbocycles. The minimum absolute atomic E-state index is 0.0163. The molecule has 48 heavy (non-hydrogen) atoms. The lowest BCUT2D eigenvalue weighted by Gasteiger charge is -2.40. The Hall–Kier alpha value is -4.54. The van der Waals surface area contributed by atoms with E-state index in [-0.39, 0.29) is 23.6 Å². The first kappa shape index (κ1) is 33.4. The van der Waals surface area contributed by atoms with Crippen LogP contribution in [0.1, 0.15) is 56.8 Å². The molecule has 0 saturated heterocycles. The fourth-order valence-electron chi connectivity index (χ4n) is 6.11. The Balaban J connectivity index is 1.48. The Morgan fingerprint density at radius 3 is 1.94 bits per heavy atom. The standard InChI is InChI=1S/C36H40N5O6P/c1-24(2)46-48(43,47-25(3)4)31-21-20-29(41-23-38-32-33(41)39-35(37)40-34(32)42)30(45-31)22-44-36(26-14-8-5-9-15-26,27-16-10-6-11-17-27)28-18-12-7-13-19-28/h5-19,21,23-25,29-30H,20,22H2,1-4H3,(H3,37,39,40,42)/t29-,30-/m1/s1. The number of imidazole rings is 1. The number of nitrogens with zero attached hydrogens (tertiary/aromatic N) is 3. The van der Waals surface area contributed by atoms with Crippen molar-refractivity contribution in [3.8, 4) is 0 Å². The molecule has 2 atom stereocenters. The highest BCUT2D eigenvalue weighted by molar-refractivity contribution is 7.58. The lowest BCUT2D eigenvalue weighted by atomic mass is 9.80. The van der Waals surface area contributed by atoms with E-state index in [4.69, 9.17) is 24.3 Å². The topological polar surface area (TPSA) is 144 Å². The number of aromatic nitrogens is 4. The summed E-state index contributed by atoms with van der Waals surface area (Å²) in [7, 11) is -3.88. The van der Waals surface area contributed by atoms with Crippen molar-refractivity contribution in [2.24, 2.45) is 0 Å². The van der Waals surface area contributed by atoms with Crippen molar-refractivity contribution in [2.75, 3.05) is 12.3 Å². The first-order valence-electron chi connectivity index (χ1n) is 16.0. The quantitative estimate of drug-likeness (QED) is 0.107. The molecule has 0 unspecified atom stereocenters. The number of aromatic amines is 1. The van der Waals surface area contributed by atoms with Crippen LogP contribution in [-0.4, -0.2) is 44.4 Å². The van der Waals surface area contributed by atoms with Crippen molar-refractivity contribution < 1.29 is 23.1 Å². The summed E-state index contributed by atoms with van der Waals surface area (Å²) in [4.78, 5) is 24.0. The molecule has 0 bridgehead atoms. The summed E-state index contributed by atoms with van der Waals surface area (Å²) in [6, 6.07) is 29.5. The second kappa shape index (κ2) is 13.9. The van der Waals surface area contributed by atoms with Gasteiger partial charge in [-0.2, -0.15) is 4.98 Å². The fraction of sp³-hybridized carbons (Fsp3) is 0.306. The van der Waals surface area contributed by atoms with Crippen LogP contribution in [0.25, 0.3) is 11.2 Å². The normalized spacial score (nSPS) is 17.1. The van der Waals surface area contributed by atoms with E-state index >= 15 is 0 Å². The van der Waals surface area contributed by atoms with Crippen LogP contribution in [0.5, 0.6) is 0 Å². The molecule has 0 spiro atoms. The van der Waals surface area contributed by atoms with E-state index in [9.17, 15) is 9.36 Å². The number of nitrogens with one attached hydrogen (secondary N) is 1. The van der Waals surface area contributed by atoms with Gasteiger partial charge in [0.15, 0.2) is 11.2 Å². The summed E-state index contributed by atoms with van der Waals surface area (Å²) in [6.45, 7) is 7.19. The first-order chi connectivity index (χ1) is 23.1. The van der Waals surface area contributed by atoms with Gasteiger partial charge in [0, 0.05) is 0 Å². The van der Waals surface area contributed by atoms with E-state index in [0.717, 1.165) is 16.7 Å². The van der Waals surface area contributed by atoms with Gasteiger partial charge in [0.05, 0.1) is 31.2 Å². The van der Waals surface area contributed by atoms with Crippen LogP contribution in [0.3, 0.4) is 0 Å². The minimum atomic E-state index is -3.88. The molecule has 2 aromatic heterocycles. The number of rotatable bonds is 12. The molecule has 12 heteroatoms. The van der Waals surface area contributed by atoms with Crippen LogP contribution in [-0.2, 0) is 28.7 Å². The van der Waals surface area contributed by atoms with Crippen LogP contribution < -0.4 is 11.3 Å². The third-order valence-electron chi connectivity index (χ3n) is 8.02. The monoisotopic (exact) mass is 669 g/mol. The summed E-state index contributed by atoms with van der Waals surface area (Å²) < 4.78 is 41.7. The molecule has 11 nitrogen and oxygen atoms in total. The Bertz CT molecular complexity index is 1870. The zero-order chi connectivity index (χ0) is 33.9. The Labute approximate surface area is 279 Å². The largest absolute Gasteiger partial charge is 0.478 e. The molecule has 0 fully saturated rings. The third kappa shape index (κ3) is 6.59. The molecule has 5 aromatic rings. The molecule has 0 radical (unpaired) electrons. The molecule has 250 valence electrons. The van der Waals surface area contributed by atoms with E-state index in [1.807, 2.05) is 91.0 Å². The number of hydrogen-bond donors (Lipinski definition) is 2. The predicted molar refractivity (Wildman–Crippen MR) is 184 cm³/mol. The van der Waals surface area contributed by atoms with E-state index in [1.165, 1.54) is 0 Å². The van der Waals surface area contributed by atoms with Gasteiger partial charge in [-0.1, -0.05) is 91.0 Å². The maximum atomic E-state index is 14.3. The van der Waals surface area contributed by atoms with Crippen molar-refractivity contribution in [3.05, 3.63) is 136 Å². The Morgan fingerprint density at radius 1 is 0.917 bits per heavy atom. The van der Waals surface area contributed by atoms with Gasteiger partial charge in [0.2, 0.25) is 11.4 Å². The van der Waals surface area contributed by atoms with Gasteiger partial charge in [-0.25, -0.2) is 4.98 Å². The summed E-state index contributed by atoms with van der Waals surface area (Å²) >= 11 is 0. The third-order valence-corrected chi connectivity index (χ3v) is 10.2. The highest BCUT2D eigenvalue weighted by atomic mass is 31.2. The van der Waals surface area contributed by atoms with Crippen LogP contribution >= 0.6 is 7.60 Å². The smallest absolute Gasteiger partial charge is 0.395 e. The van der Waals surface area contributed by atoms with Crippen LogP contribution in [0.4, 0.5) is 5.95 Å². The van der Waals surface area contributed by atoms with Gasteiger partial charge in [-0.05, 0) is 56.9 Å². The molecule has 3 heterocycles. The zero-order valence-corrected chi connectivity index (χ0v) is 28.2. The zero-order valence-electron chi connectivity index (χ0n) is 27.4. The van der Waals surface area contributed by atoms with Crippen molar-refractivity contribution in [2.45, 2.75) is 64.1 Å². The van der Waals surface area contributed by atoms with Crippen molar-refractivity contribution >= 4 is 24.7 Å². The fourth-order valence-corrected chi connectivity index (χ4v) is 8.08. The van der Waals surface area contributed by atoms with Crippen molar-refractivity contribution in [1.29, 1.82) is 0 Å². The molecular weight excluding hydrogens is 629 g/mol. The molecule has 1 aliphatic heterocycles. The van der Waals surface area contributed by atoms with Gasteiger partial charge in [0.1, 0.15) is 11.7 Å². The minimum Gasteiger partial charge on any atom is -0.478 e. The van der Waals surface area contributed by atoms with Crippen LogP contribution in [0, 0.1) is 0 Å².